The van der Waals surface area contributed by atoms with E-state index in [9.17, 15) is 0 Å². The van der Waals surface area contributed by atoms with E-state index in [0.29, 0.717) is 0 Å². The van der Waals surface area contributed by atoms with Crippen LogP contribution in [0.4, 0.5) is 0 Å². The molecule has 0 amide bonds. The van der Waals surface area contributed by atoms with Crippen molar-refractivity contribution in [2.45, 2.75) is 0 Å². The molecule has 21 heavy (non-hydrogen) atoms. The van der Waals surface area contributed by atoms with Gasteiger partial charge in [0.15, 0.2) is 0 Å². The molecular weight excluding hydrogens is 379 g/mol. The first-order chi connectivity index (χ1) is 8.49. The maximum atomic E-state index is 3.25. The summed E-state index contributed by atoms with van der Waals surface area (Å²) in [5, 5.41) is 0. The Morgan fingerprint density at radius 1 is 0.381 bits per heavy atom. The van der Waals surface area contributed by atoms with Crippen molar-refractivity contribution >= 4 is 13.5 Å². The molecule has 0 fully saturated rings. The molecule has 0 bridgehead atoms. The molecule has 0 nitrogen and oxygen atoms in total. The van der Waals surface area contributed by atoms with E-state index >= 15 is 0 Å². The third kappa shape index (κ3) is 10400. The van der Waals surface area contributed by atoms with Crippen LogP contribution in [0, 0.1) is 41.5 Å². The van der Waals surface area contributed by atoms with E-state index < -0.39 is 0 Å². The second kappa shape index (κ2) is 232. The first-order valence-electron chi connectivity index (χ1n) is 4.90. The standard InChI is InChI=1S/6C3H5.H2S.2Zn/c6*1-3-2;;;/h6*3H,1-2H2;1H2;;/q6*-1;;;. The second-order valence-electron chi connectivity index (χ2n) is 1.73. The second-order valence-corrected chi connectivity index (χ2v) is 1.73. The molecule has 0 aromatic rings. The van der Waals surface area contributed by atoms with Crippen molar-refractivity contribution in [2.24, 2.45) is 0 Å². The summed E-state index contributed by atoms with van der Waals surface area (Å²) in [6.45, 7) is 39.0. The average molecular weight is 411 g/mol. The number of hydrogen-bond acceptors (Lipinski definition) is 0. The van der Waals surface area contributed by atoms with Crippen LogP contribution in [-0.2, 0) is 39.0 Å². The van der Waals surface area contributed by atoms with Crippen LogP contribution in [0.5, 0.6) is 0 Å². The molecule has 0 rings (SSSR count). The minimum Gasteiger partial charge on any atom is -0.245 e. The minimum absolute atomic E-state index is 0. The Kier molecular flexibility index (Phi) is 656. The van der Waals surface area contributed by atoms with Gasteiger partial charge in [-0.15, -0.1) is 0 Å². The molecule has 120 valence electrons. The summed E-state index contributed by atoms with van der Waals surface area (Å²) >= 11 is 0. The van der Waals surface area contributed by atoms with Gasteiger partial charge in [0.05, 0.1) is 0 Å². The summed E-state index contributed by atoms with van der Waals surface area (Å²) in [6.07, 6.45) is 9.00. The van der Waals surface area contributed by atoms with Gasteiger partial charge < -0.3 is 0 Å². The molecule has 0 aromatic carbocycles. The van der Waals surface area contributed by atoms with E-state index in [1.54, 1.807) is 0 Å². The predicted molar refractivity (Wildman–Crippen MR) is 104 cm³/mol. The maximum Gasteiger partial charge on any atom is 0 e. The fourth-order valence-electron chi connectivity index (χ4n) is 0. The Labute approximate surface area is 169 Å². The SMILES string of the molecule is C=C[CH2-].C=C[CH2-].C=C[CH2-].C=C[CH2-].C=C[CH2-].C=C[CH2-].S.[Zn].[Zn]. The van der Waals surface area contributed by atoms with Gasteiger partial charge in [0.2, 0.25) is 0 Å². The van der Waals surface area contributed by atoms with Gasteiger partial charge in [0.1, 0.15) is 0 Å². The summed E-state index contributed by atoms with van der Waals surface area (Å²) in [7, 11) is 0. The Bertz CT molecular complexity index is 107. The Hall–Kier alpha value is -0.743. The van der Waals surface area contributed by atoms with Crippen LogP contribution in [0.1, 0.15) is 0 Å². The molecule has 0 aliphatic carbocycles. The molecule has 0 heterocycles. The third-order valence-electron chi connectivity index (χ3n) is 0. The molecule has 0 aromatic heterocycles. The van der Waals surface area contributed by atoms with Crippen molar-refractivity contribution in [1.29, 1.82) is 0 Å². The van der Waals surface area contributed by atoms with Crippen LogP contribution < -0.4 is 0 Å². The summed E-state index contributed by atoms with van der Waals surface area (Å²) < 4.78 is 0. The van der Waals surface area contributed by atoms with Crippen molar-refractivity contribution in [3.63, 3.8) is 0 Å². The van der Waals surface area contributed by atoms with Crippen LogP contribution in [0.3, 0.4) is 0 Å². The normalized spacial score (nSPS) is 3.43. The van der Waals surface area contributed by atoms with Gasteiger partial charge in [-0.05, 0) is 0 Å². The van der Waals surface area contributed by atoms with E-state index in [-0.39, 0.29) is 52.5 Å². The Balaban J connectivity index is -0.0000000114. The zero-order chi connectivity index (χ0) is 16.2. The molecular formula is C18H32SZn2-6. The average Bonchev–Trinajstić information content (AvgIpc) is 2.23. The molecule has 0 aliphatic heterocycles. The van der Waals surface area contributed by atoms with Crippen LogP contribution in [0.25, 0.3) is 0 Å². The fraction of sp³-hybridized carbons (Fsp3) is 0. The fourth-order valence-corrected chi connectivity index (χ4v) is 0. The summed E-state index contributed by atoms with van der Waals surface area (Å²) in [6, 6.07) is 0. The largest absolute Gasteiger partial charge is 0.245 e. The van der Waals surface area contributed by atoms with Crippen LogP contribution in [0.15, 0.2) is 75.9 Å². The van der Waals surface area contributed by atoms with Gasteiger partial charge >= 0.3 is 0 Å². The quantitative estimate of drug-likeness (QED) is 0.332. The van der Waals surface area contributed by atoms with E-state index in [0.717, 1.165) is 0 Å². The van der Waals surface area contributed by atoms with Gasteiger partial charge in [0.25, 0.3) is 0 Å². The molecule has 0 aliphatic rings. The topological polar surface area (TPSA) is 0 Å². The monoisotopic (exact) mass is 408 g/mol. The molecule has 0 saturated carbocycles. The van der Waals surface area contributed by atoms with Crippen molar-refractivity contribution in [1.82, 2.24) is 0 Å². The van der Waals surface area contributed by atoms with Gasteiger partial charge in [-0.1, -0.05) is 0 Å². The predicted octanol–water partition coefficient (Wildman–Crippen LogP) is 6.15. The van der Waals surface area contributed by atoms with Gasteiger partial charge in [-0.25, -0.2) is 117 Å². The van der Waals surface area contributed by atoms with Crippen molar-refractivity contribution in [3.8, 4) is 0 Å². The zero-order valence-electron chi connectivity index (χ0n) is 13.9. The number of hydrogen-bond donors (Lipinski definition) is 0. The maximum absolute atomic E-state index is 3.25. The molecule has 3 heteroatoms. The smallest absolute Gasteiger partial charge is 0 e. The first-order valence-corrected chi connectivity index (χ1v) is 4.90. The molecule has 0 N–H and O–H groups in total. The number of allylic oxidation sites excluding steroid dienone is 6. The van der Waals surface area contributed by atoms with Crippen molar-refractivity contribution in [3.05, 3.63) is 117 Å². The van der Waals surface area contributed by atoms with Gasteiger partial charge in [0, 0.05) is 39.0 Å². The summed E-state index contributed by atoms with van der Waals surface area (Å²) in [4.78, 5) is 0. The van der Waals surface area contributed by atoms with Crippen molar-refractivity contribution in [2.75, 3.05) is 0 Å². The number of rotatable bonds is 0. The van der Waals surface area contributed by atoms with Crippen LogP contribution in [-0.4, -0.2) is 0 Å². The molecule has 0 spiro atoms. The van der Waals surface area contributed by atoms with E-state index in [2.05, 4.69) is 81.0 Å². The Morgan fingerprint density at radius 2 is 0.381 bits per heavy atom. The first kappa shape index (κ1) is 59.3. The van der Waals surface area contributed by atoms with E-state index in [1.807, 2.05) is 0 Å². The van der Waals surface area contributed by atoms with E-state index in [4.69, 9.17) is 0 Å². The summed E-state index contributed by atoms with van der Waals surface area (Å²) in [5.74, 6) is 0. The Morgan fingerprint density at radius 3 is 0.381 bits per heavy atom. The molecule has 0 saturated heterocycles. The van der Waals surface area contributed by atoms with E-state index in [1.165, 1.54) is 36.5 Å². The van der Waals surface area contributed by atoms with Gasteiger partial charge in [-0.3, -0.25) is 0 Å². The molecule has 0 unspecified atom stereocenters. The minimum atomic E-state index is 0. The van der Waals surface area contributed by atoms with Gasteiger partial charge in [-0.2, -0.15) is 13.5 Å². The van der Waals surface area contributed by atoms with Crippen LogP contribution >= 0.6 is 13.5 Å². The molecule has 0 radical (unpaired) electrons. The van der Waals surface area contributed by atoms with Crippen molar-refractivity contribution < 1.29 is 39.0 Å². The summed E-state index contributed by atoms with van der Waals surface area (Å²) in [5.41, 5.74) is 0. The van der Waals surface area contributed by atoms with Crippen LogP contribution in [0.2, 0.25) is 0 Å². The molecule has 0 atom stereocenters. The third-order valence-corrected chi connectivity index (χ3v) is 0. The zero-order valence-corrected chi connectivity index (χ0v) is 20.8.